The second-order valence-electron chi connectivity index (χ2n) is 5.25. The van der Waals surface area contributed by atoms with Crippen LogP contribution in [-0.2, 0) is 12.8 Å². The number of nitrogen functional groups attached to an aromatic ring is 1. The molecule has 0 bridgehead atoms. The van der Waals surface area contributed by atoms with E-state index in [-0.39, 0.29) is 0 Å². The summed E-state index contributed by atoms with van der Waals surface area (Å²) in [6.07, 6.45) is 3.62. The Hall–Kier alpha value is -1.81. The SMILES string of the molecule is Nc1nc2ccc(Br)cc2n1-c1ccc2c(c1)CCC2. The van der Waals surface area contributed by atoms with Crippen molar-refractivity contribution in [1.82, 2.24) is 9.55 Å². The number of aryl methyl sites for hydroxylation is 2. The molecule has 2 aromatic carbocycles. The highest BCUT2D eigenvalue weighted by Gasteiger charge is 2.14. The fourth-order valence-electron chi connectivity index (χ4n) is 3.04. The largest absolute Gasteiger partial charge is 0.369 e. The fraction of sp³-hybridized carbons (Fsp3) is 0.188. The Morgan fingerprint density at radius 1 is 1.05 bits per heavy atom. The average molecular weight is 328 g/mol. The van der Waals surface area contributed by atoms with Crippen LogP contribution in [0.4, 0.5) is 5.95 Å². The molecule has 0 spiro atoms. The Morgan fingerprint density at radius 3 is 2.80 bits per heavy atom. The summed E-state index contributed by atoms with van der Waals surface area (Å²) >= 11 is 3.52. The summed E-state index contributed by atoms with van der Waals surface area (Å²) in [4.78, 5) is 4.44. The van der Waals surface area contributed by atoms with E-state index in [1.54, 1.807) is 0 Å². The lowest BCUT2D eigenvalue weighted by molar-refractivity contribution is 0.911. The zero-order valence-corrected chi connectivity index (χ0v) is 12.5. The summed E-state index contributed by atoms with van der Waals surface area (Å²) in [5, 5.41) is 0. The molecule has 4 rings (SSSR count). The van der Waals surface area contributed by atoms with Gasteiger partial charge < -0.3 is 5.73 Å². The van der Waals surface area contributed by atoms with Crippen molar-refractivity contribution in [2.24, 2.45) is 0 Å². The minimum absolute atomic E-state index is 0.538. The number of benzene rings is 2. The second-order valence-corrected chi connectivity index (χ2v) is 6.16. The van der Waals surface area contributed by atoms with E-state index in [0.29, 0.717) is 5.95 Å². The summed E-state index contributed by atoms with van der Waals surface area (Å²) in [5.74, 6) is 0.538. The van der Waals surface area contributed by atoms with Crippen LogP contribution in [0.5, 0.6) is 0 Å². The number of fused-ring (bicyclic) bond motifs is 2. The molecule has 0 saturated heterocycles. The third-order valence-corrected chi connectivity index (χ3v) is 4.48. The lowest BCUT2D eigenvalue weighted by Gasteiger charge is -2.09. The summed E-state index contributed by atoms with van der Waals surface area (Å²) in [6, 6.07) is 12.7. The Balaban J connectivity index is 1.97. The van der Waals surface area contributed by atoms with Crippen LogP contribution in [0, 0.1) is 0 Å². The van der Waals surface area contributed by atoms with E-state index in [9.17, 15) is 0 Å². The van der Waals surface area contributed by atoms with Gasteiger partial charge in [0.1, 0.15) is 0 Å². The number of anilines is 1. The van der Waals surface area contributed by atoms with Gasteiger partial charge in [0, 0.05) is 10.2 Å². The number of nitrogens with zero attached hydrogens (tertiary/aromatic N) is 2. The van der Waals surface area contributed by atoms with Gasteiger partial charge in [0.25, 0.3) is 0 Å². The molecule has 3 nitrogen and oxygen atoms in total. The van der Waals surface area contributed by atoms with Crippen LogP contribution in [0.3, 0.4) is 0 Å². The van der Waals surface area contributed by atoms with Gasteiger partial charge in [0.2, 0.25) is 5.95 Å². The van der Waals surface area contributed by atoms with E-state index >= 15 is 0 Å². The van der Waals surface area contributed by atoms with Crippen molar-refractivity contribution in [3.8, 4) is 5.69 Å². The van der Waals surface area contributed by atoms with Crippen LogP contribution in [-0.4, -0.2) is 9.55 Å². The van der Waals surface area contributed by atoms with Crippen LogP contribution in [0.1, 0.15) is 17.5 Å². The third kappa shape index (κ3) is 1.75. The Morgan fingerprint density at radius 2 is 1.90 bits per heavy atom. The highest BCUT2D eigenvalue weighted by Crippen LogP contribution is 2.29. The normalized spacial score (nSPS) is 13.8. The quantitative estimate of drug-likeness (QED) is 0.737. The first-order chi connectivity index (χ1) is 9.72. The molecule has 100 valence electrons. The topological polar surface area (TPSA) is 43.8 Å². The molecule has 0 radical (unpaired) electrons. The molecule has 1 aliphatic rings. The molecule has 1 aromatic heterocycles. The summed E-state index contributed by atoms with van der Waals surface area (Å²) < 4.78 is 3.06. The number of halogens is 1. The predicted molar refractivity (Wildman–Crippen MR) is 85.2 cm³/mol. The first-order valence-corrected chi connectivity index (χ1v) is 7.57. The first kappa shape index (κ1) is 12.0. The predicted octanol–water partition coefficient (Wildman–Crippen LogP) is 3.86. The summed E-state index contributed by atoms with van der Waals surface area (Å²) in [6.45, 7) is 0. The Kier molecular flexibility index (Phi) is 2.60. The number of aromatic nitrogens is 2. The van der Waals surface area contributed by atoms with Crippen molar-refractivity contribution in [1.29, 1.82) is 0 Å². The highest BCUT2D eigenvalue weighted by atomic mass is 79.9. The summed E-state index contributed by atoms with van der Waals surface area (Å²) in [7, 11) is 0. The van der Waals surface area contributed by atoms with Gasteiger partial charge in [0.15, 0.2) is 0 Å². The maximum Gasteiger partial charge on any atom is 0.205 e. The molecular weight excluding hydrogens is 314 g/mol. The molecule has 1 aliphatic carbocycles. The third-order valence-electron chi connectivity index (χ3n) is 3.98. The molecule has 4 heteroatoms. The van der Waals surface area contributed by atoms with Crippen LogP contribution in [0.25, 0.3) is 16.7 Å². The molecule has 0 aliphatic heterocycles. The van der Waals surface area contributed by atoms with Gasteiger partial charge in [-0.05, 0) is 60.7 Å². The maximum absolute atomic E-state index is 6.12. The van der Waals surface area contributed by atoms with Gasteiger partial charge in [-0.1, -0.05) is 22.0 Å². The van der Waals surface area contributed by atoms with Gasteiger partial charge in [0.05, 0.1) is 11.0 Å². The molecule has 1 heterocycles. The van der Waals surface area contributed by atoms with Crippen LogP contribution in [0.15, 0.2) is 40.9 Å². The average Bonchev–Trinajstić information content (AvgIpc) is 3.00. The maximum atomic E-state index is 6.12. The van der Waals surface area contributed by atoms with Gasteiger partial charge >= 0.3 is 0 Å². The monoisotopic (exact) mass is 327 g/mol. The van der Waals surface area contributed by atoms with E-state index in [1.165, 1.54) is 30.4 Å². The number of nitrogens with two attached hydrogens (primary N) is 1. The van der Waals surface area contributed by atoms with E-state index in [2.05, 4.69) is 45.2 Å². The molecule has 20 heavy (non-hydrogen) atoms. The van der Waals surface area contributed by atoms with Crippen LogP contribution < -0.4 is 5.73 Å². The van der Waals surface area contributed by atoms with Crippen LogP contribution >= 0.6 is 15.9 Å². The second kappa shape index (κ2) is 4.35. The highest BCUT2D eigenvalue weighted by molar-refractivity contribution is 9.10. The standard InChI is InChI=1S/C16H14BrN3/c17-12-5-7-14-15(9-12)20(16(18)19-14)13-6-4-10-2-1-3-11(10)8-13/h4-9H,1-3H2,(H2,18,19). The zero-order chi connectivity index (χ0) is 13.7. The minimum atomic E-state index is 0.538. The molecule has 2 N–H and O–H groups in total. The minimum Gasteiger partial charge on any atom is -0.369 e. The molecule has 0 amide bonds. The number of hydrogen-bond donors (Lipinski definition) is 1. The molecular formula is C16H14BrN3. The van der Waals surface area contributed by atoms with Crippen molar-refractivity contribution in [3.05, 3.63) is 52.0 Å². The van der Waals surface area contributed by atoms with E-state index in [0.717, 1.165) is 21.2 Å². The Labute approximate surface area is 125 Å². The number of rotatable bonds is 1. The zero-order valence-electron chi connectivity index (χ0n) is 10.9. The van der Waals surface area contributed by atoms with Crippen molar-refractivity contribution in [3.63, 3.8) is 0 Å². The van der Waals surface area contributed by atoms with E-state index in [1.807, 2.05) is 16.7 Å². The van der Waals surface area contributed by atoms with Gasteiger partial charge in [-0.2, -0.15) is 0 Å². The molecule has 0 fully saturated rings. The summed E-state index contributed by atoms with van der Waals surface area (Å²) in [5.41, 5.74) is 12.1. The molecule has 3 aromatic rings. The van der Waals surface area contributed by atoms with Gasteiger partial charge in [-0.15, -0.1) is 0 Å². The molecule has 0 saturated carbocycles. The van der Waals surface area contributed by atoms with Gasteiger partial charge in [-0.3, -0.25) is 4.57 Å². The van der Waals surface area contributed by atoms with E-state index in [4.69, 9.17) is 5.73 Å². The lowest BCUT2D eigenvalue weighted by atomic mass is 10.1. The smallest absolute Gasteiger partial charge is 0.205 e. The number of hydrogen-bond acceptors (Lipinski definition) is 2. The Bertz CT molecular complexity index is 820. The van der Waals surface area contributed by atoms with Crippen molar-refractivity contribution in [2.45, 2.75) is 19.3 Å². The van der Waals surface area contributed by atoms with Crippen molar-refractivity contribution < 1.29 is 0 Å². The molecule has 0 atom stereocenters. The molecule has 0 unspecified atom stereocenters. The van der Waals surface area contributed by atoms with Gasteiger partial charge in [-0.25, -0.2) is 4.98 Å². The first-order valence-electron chi connectivity index (χ1n) is 6.78. The van der Waals surface area contributed by atoms with Crippen molar-refractivity contribution in [2.75, 3.05) is 5.73 Å². The fourth-order valence-corrected chi connectivity index (χ4v) is 3.38. The van der Waals surface area contributed by atoms with Crippen LogP contribution in [0.2, 0.25) is 0 Å². The number of imidazole rings is 1. The van der Waals surface area contributed by atoms with E-state index < -0.39 is 0 Å². The van der Waals surface area contributed by atoms with Crippen molar-refractivity contribution >= 4 is 32.9 Å². The lowest BCUT2D eigenvalue weighted by Crippen LogP contribution is -2.01.